The minimum absolute atomic E-state index is 0.0397. The summed E-state index contributed by atoms with van der Waals surface area (Å²) in [7, 11) is 1.69. The molecule has 74 valence electrons. The Morgan fingerprint density at radius 2 is 2.08 bits per heavy atom. The van der Waals surface area contributed by atoms with Gasteiger partial charge >= 0.3 is 0 Å². The molecule has 0 aliphatic heterocycles. The number of rotatable bonds is 6. The number of hydrogen-bond acceptors (Lipinski definition) is 3. The molecule has 3 nitrogen and oxygen atoms in total. The van der Waals surface area contributed by atoms with Crippen LogP contribution in [0.15, 0.2) is 0 Å². The molecule has 2 N–H and O–H groups in total. The van der Waals surface area contributed by atoms with Crippen LogP contribution in [0.3, 0.4) is 0 Å². The third-order valence-corrected chi connectivity index (χ3v) is 1.77. The monoisotopic (exact) mass is 175 g/mol. The van der Waals surface area contributed by atoms with Crippen LogP contribution in [0.4, 0.5) is 0 Å². The zero-order valence-corrected chi connectivity index (χ0v) is 8.55. The van der Waals surface area contributed by atoms with E-state index in [1.807, 2.05) is 13.8 Å². The second kappa shape index (κ2) is 5.51. The molecule has 0 saturated heterocycles. The van der Waals surface area contributed by atoms with Crippen molar-refractivity contribution < 1.29 is 9.84 Å². The molecule has 1 atom stereocenters. The average molecular weight is 175 g/mol. The van der Waals surface area contributed by atoms with Gasteiger partial charge in [-0.25, -0.2) is 0 Å². The van der Waals surface area contributed by atoms with E-state index >= 15 is 0 Å². The Morgan fingerprint density at radius 1 is 1.50 bits per heavy atom. The van der Waals surface area contributed by atoms with Gasteiger partial charge in [-0.2, -0.15) is 0 Å². The number of nitrogens with one attached hydrogen (secondary N) is 1. The number of methoxy groups -OCH3 is 1. The minimum atomic E-state index is -0.0397. The Labute approximate surface area is 75.1 Å². The molecule has 0 fully saturated rings. The van der Waals surface area contributed by atoms with E-state index in [2.05, 4.69) is 12.2 Å². The van der Waals surface area contributed by atoms with Crippen molar-refractivity contribution >= 4 is 0 Å². The van der Waals surface area contributed by atoms with Crippen LogP contribution in [0.2, 0.25) is 0 Å². The molecule has 0 radical (unpaired) electrons. The zero-order chi connectivity index (χ0) is 9.61. The Hall–Kier alpha value is -0.120. The molecular weight excluding hydrogens is 154 g/mol. The molecule has 0 saturated carbocycles. The van der Waals surface area contributed by atoms with Gasteiger partial charge in [-0.1, -0.05) is 13.8 Å². The summed E-state index contributed by atoms with van der Waals surface area (Å²) in [4.78, 5) is 0. The summed E-state index contributed by atoms with van der Waals surface area (Å²) >= 11 is 0. The van der Waals surface area contributed by atoms with Gasteiger partial charge < -0.3 is 15.2 Å². The maximum atomic E-state index is 8.97. The van der Waals surface area contributed by atoms with Crippen LogP contribution in [-0.2, 0) is 4.74 Å². The van der Waals surface area contributed by atoms with Crippen molar-refractivity contribution in [3.05, 3.63) is 0 Å². The Kier molecular flexibility index (Phi) is 5.46. The van der Waals surface area contributed by atoms with Crippen molar-refractivity contribution in [2.45, 2.75) is 26.8 Å². The van der Waals surface area contributed by atoms with Gasteiger partial charge in [0.2, 0.25) is 0 Å². The molecule has 0 amide bonds. The van der Waals surface area contributed by atoms with Crippen LogP contribution in [0.1, 0.15) is 20.8 Å². The van der Waals surface area contributed by atoms with Crippen LogP contribution >= 0.6 is 0 Å². The number of aliphatic hydroxyl groups is 1. The smallest absolute Gasteiger partial charge is 0.0613 e. The van der Waals surface area contributed by atoms with Crippen LogP contribution in [0, 0.1) is 5.41 Å². The molecule has 3 heteroatoms. The Morgan fingerprint density at radius 3 is 2.50 bits per heavy atom. The quantitative estimate of drug-likeness (QED) is 0.622. The van der Waals surface area contributed by atoms with Crippen molar-refractivity contribution in [1.82, 2.24) is 5.32 Å². The van der Waals surface area contributed by atoms with E-state index < -0.39 is 0 Å². The van der Waals surface area contributed by atoms with E-state index in [0.29, 0.717) is 12.6 Å². The Bertz CT molecular complexity index is 115. The van der Waals surface area contributed by atoms with E-state index in [1.54, 1.807) is 7.11 Å². The first-order valence-corrected chi connectivity index (χ1v) is 4.35. The Balaban J connectivity index is 3.52. The predicted octanol–water partition coefficient (Wildman–Crippen LogP) is 0.629. The lowest BCUT2D eigenvalue weighted by Gasteiger charge is -2.24. The minimum Gasteiger partial charge on any atom is -0.396 e. The van der Waals surface area contributed by atoms with Crippen molar-refractivity contribution in [3.8, 4) is 0 Å². The fraction of sp³-hybridized carbons (Fsp3) is 1.00. The highest BCUT2D eigenvalue weighted by Gasteiger charge is 2.16. The third kappa shape index (κ3) is 5.52. The lowest BCUT2D eigenvalue weighted by atomic mass is 9.95. The lowest BCUT2D eigenvalue weighted by molar-refractivity contribution is 0.135. The maximum absolute atomic E-state index is 8.97. The number of hydrogen-bond donors (Lipinski definition) is 2. The number of ether oxygens (including phenoxy) is 1. The van der Waals surface area contributed by atoms with Crippen molar-refractivity contribution in [2.75, 3.05) is 26.9 Å². The van der Waals surface area contributed by atoms with Crippen LogP contribution < -0.4 is 5.32 Å². The lowest BCUT2D eigenvalue weighted by Crippen LogP contribution is -2.39. The molecule has 12 heavy (non-hydrogen) atoms. The predicted molar refractivity (Wildman–Crippen MR) is 50.2 cm³/mol. The fourth-order valence-electron chi connectivity index (χ4n) is 0.815. The van der Waals surface area contributed by atoms with Gasteiger partial charge in [-0.05, 0) is 6.92 Å². The summed E-state index contributed by atoms with van der Waals surface area (Å²) in [5.74, 6) is 0. The van der Waals surface area contributed by atoms with E-state index in [-0.39, 0.29) is 12.0 Å². The maximum Gasteiger partial charge on any atom is 0.0613 e. The van der Waals surface area contributed by atoms with Crippen LogP contribution in [-0.4, -0.2) is 38.0 Å². The topological polar surface area (TPSA) is 41.5 Å². The summed E-state index contributed by atoms with van der Waals surface area (Å²) in [6, 6.07) is 0.348. The van der Waals surface area contributed by atoms with Crippen molar-refractivity contribution in [3.63, 3.8) is 0 Å². The highest BCUT2D eigenvalue weighted by Crippen LogP contribution is 2.11. The van der Waals surface area contributed by atoms with E-state index in [1.165, 1.54) is 0 Å². The van der Waals surface area contributed by atoms with Crippen molar-refractivity contribution in [2.24, 2.45) is 5.41 Å². The molecule has 0 bridgehead atoms. The van der Waals surface area contributed by atoms with Gasteiger partial charge in [0, 0.05) is 31.7 Å². The number of aliphatic hydroxyl groups excluding tert-OH is 1. The zero-order valence-electron chi connectivity index (χ0n) is 8.55. The standard InChI is InChI=1S/C9H21NO2/c1-8(5-12-4)10-6-9(2,3)7-11/h8,10-11H,5-7H2,1-4H3. The summed E-state index contributed by atoms with van der Waals surface area (Å²) in [5, 5.41) is 12.3. The summed E-state index contributed by atoms with van der Waals surface area (Å²) in [6.45, 7) is 7.85. The molecule has 0 aromatic carbocycles. The highest BCUT2D eigenvalue weighted by atomic mass is 16.5. The average Bonchev–Trinajstić information content (AvgIpc) is 2.02. The highest BCUT2D eigenvalue weighted by molar-refractivity contribution is 4.72. The van der Waals surface area contributed by atoms with Gasteiger partial charge in [0.15, 0.2) is 0 Å². The summed E-state index contributed by atoms with van der Waals surface area (Å²) < 4.78 is 4.98. The first kappa shape index (κ1) is 11.9. The molecule has 0 aromatic heterocycles. The van der Waals surface area contributed by atoms with E-state index in [0.717, 1.165) is 6.54 Å². The summed E-state index contributed by atoms with van der Waals surface area (Å²) in [5.41, 5.74) is -0.0397. The van der Waals surface area contributed by atoms with Crippen LogP contribution in [0.25, 0.3) is 0 Å². The second-order valence-electron chi connectivity index (χ2n) is 4.06. The molecule has 0 spiro atoms. The molecule has 0 aliphatic rings. The van der Waals surface area contributed by atoms with E-state index in [9.17, 15) is 0 Å². The second-order valence-corrected chi connectivity index (χ2v) is 4.06. The van der Waals surface area contributed by atoms with Gasteiger partial charge in [-0.15, -0.1) is 0 Å². The van der Waals surface area contributed by atoms with E-state index in [4.69, 9.17) is 9.84 Å². The molecule has 0 rings (SSSR count). The first-order valence-electron chi connectivity index (χ1n) is 4.35. The normalized spacial score (nSPS) is 14.8. The molecule has 0 aromatic rings. The largest absolute Gasteiger partial charge is 0.396 e. The van der Waals surface area contributed by atoms with Crippen LogP contribution in [0.5, 0.6) is 0 Å². The van der Waals surface area contributed by atoms with Gasteiger partial charge in [0.05, 0.1) is 6.61 Å². The van der Waals surface area contributed by atoms with Gasteiger partial charge in [0.25, 0.3) is 0 Å². The molecule has 0 heterocycles. The first-order chi connectivity index (χ1) is 5.52. The molecular formula is C9H21NO2. The molecule has 1 unspecified atom stereocenters. The van der Waals surface area contributed by atoms with Crippen molar-refractivity contribution in [1.29, 1.82) is 0 Å². The SMILES string of the molecule is COCC(C)NCC(C)(C)CO. The third-order valence-electron chi connectivity index (χ3n) is 1.77. The fourth-order valence-corrected chi connectivity index (χ4v) is 0.815. The van der Waals surface area contributed by atoms with Gasteiger partial charge in [-0.3, -0.25) is 0 Å². The summed E-state index contributed by atoms with van der Waals surface area (Å²) in [6.07, 6.45) is 0. The molecule has 0 aliphatic carbocycles. The van der Waals surface area contributed by atoms with Gasteiger partial charge in [0.1, 0.15) is 0 Å².